The number of ketones is 1. The van der Waals surface area contributed by atoms with Gasteiger partial charge >= 0.3 is 0 Å². The molecular formula is C10H10Br2N2O2S. The number of rotatable bonds is 2. The molecule has 0 radical (unpaired) electrons. The fourth-order valence-electron chi connectivity index (χ4n) is 1.89. The van der Waals surface area contributed by atoms with E-state index in [-0.39, 0.29) is 5.78 Å². The maximum absolute atomic E-state index is 12.2. The Kier molecular flexibility index (Phi) is 3.35. The highest BCUT2D eigenvalue weighted by Crippen LogP contribution is 2.46. The molecule has 1 heterocycles. The van der Waals surface area contributed by atoms with Crippen LogP contribution in [0.1, 0.15) is 32.0 Å². The van der Waals surface area contributed by atoms with Crippen molar-refractivity contribution in [2.24, 2.45) is 5.73 Å². The first-order chi connectivity index (χ1) is 7.88. The molecule has 3 N–H and O–H groups in total. The highest BCUT2D eigenvalue weighted by atomic mass is 79.9. The number of amides is 1. The number of Topliss-reactive ketones (excluding diaryl/α,β-unsaturated/α-hetero) is 1. The van der Waals surface area contributed by atoms with Gasteiger partial charge in [0.25, 0.3) is 5.91 Å². The van der Waals surface area contributed by atoms with Gasteiger partial charge in [-0.25, -0.2) is 0 Å². The van der Waals surface area contributed by atoms with Gasteiger partial charge in [0, 0.05) is 7.05 Å². The molecule has 2 rings (SSSR count). The Bertz CT molecular complexity index is 511. The number of hydrogen-bond donors (Lipinski definition) is 2. The standard InChI is InChI=1S/C10H10Br2N2O2S/c1-14-9-5(8(13)16)4-2-3-10(11,12)7(15)6(4)17-9/h14H,2-3H2,1H3,(H2,13,16). The van der Waals surface area contributed by atoms with Crippen LogP contribution >= 0.6 is 43.2 Å². The van der Waals surface area contributed by atoms with Crippen LogP contribution in [0.25, 0.3) is 0 Å². The molecule has 0 atom stereocenters. The van der Waals surface area contributed by atoms with Crippen molar-refractivity contribution in [1.29, 1.82) is 0 Å². The van der Waals surface area contributed by atoms with Crippen molar-refractivity contribution < 1.29 is 9.59 Å². The summed E-state index contributed by atoms with van der Waals surface area (Å²) in [5.74, 6) is -0.538. The van der Waals surface area contributed by atoms with Crippen LogP contribution < -0.4 is 11.1 Å². The molecular weight excluding hydrogens is 372 g/mol. The minimum absolute atomic E-state index is 0.0484. The number of hydrogen-bond acceptors (Lipinski definition) is 4. The van der Waals surface area contributed by atoms with E-state index in [1.54, 1.807) is 7.05 Å². The summed E-state index contributed by atoms with van der Waals surface area (Å²) in [5.41, 5.74) is 6.59. The van der Waals surface area contributed by atoms with Crippen molar-refractivity contribution in [1.82, 2.24) is 0 Å². The molecule has 0 unspecified atom stereocenters. The summed E-state index contributed by atoms with van der Waals surface area (Å²) >= 11 is 7.99. The van der Waals surface area contributed by atoms with Gasteiger partial charge in [-0.05, 0) is 18.4 Å². The zero-order valence-electron chi connectivity index (χ0n) is 8.97. The third kappa shape index (κ3) is 2.04. The number of nitrogens with one attached hydrogen (secondary N) is 1. The lowest BCUT2D eigenvalue weighted by Gasteiger charge is -2.23. The summed E-state index contributed by atoms with van der Waals surface area (Å²) in [6.45, 7) is 0. The van der Waals surface area contributed by atoms with Crippen LogP contribution in [0.2, 0.25) is 0 Å². The van der Waals surface area contributed by atoms with Crippen LogP contribution in [0.4, 0.5) is 5.00 Å². The monoisotopic (exact) mass is 380 g/mol. The molecule has 1 aromatic rings. The van der Waals surface area contributed by atoms with Crippen molar-refractivity contribution in [2.45, 2.75) is 16.1 Å². The molecule has 1 aliphatic rings. The number of anilines is 1. The van der Waals surface area contributed by atoms with Crippen molar-refractivity contribution >= 4 is 59.9 Å². The molecule has 7 heteroatoms. The van der Waals surface area contributed by atoms with Gasteiger partial charge in [0.1, 0.15) is 8.23 Å². The molecule has 17 heavy (non-hydrogen) atoms. The zero-order chi connectivity index (χ0) is 12.8. The van der Waals surface area contributed by atoms with Crippen LogP contribution in [0, 0.1) is 0 Å². The lowest BCUT2D eigenvalue weighted by atomic mass is 9.94. The SMILES string of the molecule is CNc1sc2c(c1C(N)=O)CCC(Br)(Br)C2=O. The number of fused-ring (bicyclic) bond motifs is 1. The first-order valence-electron chi connectivity index (χ1n) is 4.94. The summed E-state index contributed by atoms with van der Waals surface area (Å²) in [6, 6.07) is 0. The normalized spacial score (nSPS) is 17.7. The minimum Gasteiger partial charge on any atom is -0.379 e. The molecule has 1 aliphatic carbocycles. The largest absolute Gasteiger partial charge is 0.379 e. The number of carbonyl (C=O) groups is 2. The van der Waals surface area contributed by atoms with Gasteiger partial charge in [0.15, 0.2) is 5.78 Å². The highest BCUT2D eigenvalue weighted by molar-refractivity contribution is 9.26. The van der Waals surface area contributed by atoms with Gasteiger partial charge in [-0.15, -0.1) is 11.3 Å². The fourth-order valence-corrected chi connectivity index (χ4v) is 4.17. The first kappa shape index (κ1) is 13.0. The molecule has 0 saturated heterocycles. The molecule has 1 aromatic heterocycles. The average Bonchev–Trinajstić information content (AvgIpc) is 2.63. The second kappa shape index (κ2) is 4.37. The summed E-state index contributed by atoms with van der Waals surface area (Å²) in [6.07, 6.45) is 1.24. The number of alkyl halides is 2. The van der Waals surface area contributed by atoms with Gasteiger partial charge in [-0.1, -0.05) is 31.9 Å². The maximum atomic E-state index is 12.2. The van der Waals surface area contributed by atoms with Gasteiger partial charge in [0.05, 0.1) is 10.4 Å². The minimum atomic E-state index is -0.711. The quantitative estimate of drug-likeness (QED) is 0.773. The number of carbonyl (C=O) groups excluding carboxylic acids is 2. The summed E-state index contributed by atoms with van der Waals surface area (Å²) < 4.78 is -0.711. The third-order valence-electron chi connectivity index (χ3n) is 2.71. The lowest BCUT2D eigenvalue weighted by molar-refractivity contribution is 0.0976. The van der Waals surface area contributed by atoms with Gasteiger partial charge in [-0.3, -0.25) is 9.59 Å². The van der Waals surface area contributed by atoms with Gasteiger partial charge in [0.2, 0.25) is 0 Å². The van der Waals surface area contributed by atoms with Crippen LogP contribution in [0.15, 0.2) is 0 Å². The Morgan fingerprint density at radius 1 is 1.53 bits per heavy atom. The molecule has 92 valence electrons. The van der Waals surface area contributed by atoms with E-state index < -0.39 is 9.14 Å². The fraction of sp³-hybridized carbons (Fsp3) is 0.400. The average molecular weight is 382 g/mol. The van der Waals surface area contributed by atoms with E-state index in [2.05, 4.69) is 37.2 Å². The smallest absolute Gasteiger partial charge is 0.251 e. The second-order valence-corrected chi connectivity index (χ2v) is 8.55. The number of nitrogens with two attached hydrogens (primary N) is 1. The van der Waals surface area contributed by atoms with Crippen molar-refractivity contribution in [3.63, 3.8) is 0 Å². The predicted octanol–water partition coefficient (Wildman–Crippen LogP) is 2.50. The van der Waals surface area contributed by atoms with Crippen LogP contribution in [-0.4, -0.2) is 22.0 Å². The molecule has 0 saturated carbocycles. The van der Waals surface area contributed by atoms with E-state index in [9.17, 15) is 9.59 Å². The summed E-state index contributed by atoms with van der Waals surface area (Å²) in [4.78, 5) is 24.2. The predicted molar refractivity (Wildman–Crippen MR) is 75.6 cm³/mol. The Morgan fingerprint density at radius 2 is 2.18 bits per heavy atom. The van der Waals surface area contributed by atoms with E-state index in [0.29, 0.717) is 28.3 Å². The molecule has 4 nitrogen and oxygen atoms in total. The Morgan fingerprint density at radius 3 is 2.71 bits per heavy atom. The van der Waals surface area contributed by atoms with E-state index in [0.717, 1.165) is 5.56 Å². The van der Waals surface area contributed by atoms with Crippen LogP contribution in [0.5, 0.6) is 0 Å². The second-order valence-electron chi connectivity index (χ2n) is 3.76. The summed E-state index contributed by atoms with van der Waals surface area (Å²) in [7, 11) is 1.71. The Balaban J connectivity index is 2.62. The molecule has 1 amide bonds. The van der Waals surface area contributed by atoms with E-state index in [1.165, 1.54) is 11.3 Å². The highest BCUT2D eigenvalue weighted by Gasteiger charge is 2.41. The third-order valence-corrected chi connectivity index (χ3v) is 5.47. The van der Waals surface area contributed by atoms with Gasteiger partial charge in [-0.2, -0.15) is 0 Å². The number of primary amides is 1. The van der Waals surface area contributed by atoms with Crippen LogP contribution in [-0.2, 0) is 6.42 Å². The zero-order valence-corrected chi connectivity index (χ0v) is 13.0. The van der Waals surface area contributed by atoms with Crippen molar-refractivity contribution in [2.75, 3.05) is 12.4 Å². The maximum Gasteiger partial charge on any atom is 0.251 e. The first-order valence-corrected chi connectivity index (χ1v) is 7.34. The lowest BCUT2D eigenvalue weighted by Crippen LogP contribution is -2.30. The van der Waals surface area contributed by atoms with Gasteiger partial charge < -0.3 is 11.1 Å². The van der Waals surface area contributed by atoms with E-state index in [4.69, 9.17) is 5.73 Å². The number of halogens is 2. The molecule has 0 aromatic carbocycles. The molecule has 0 spiro atoms. The molecule has 0 bridgehead atoms. The Labute approximate surface area is 119 Å². The van der Waals surface area contributed by atoms with Crippen molar-refractivity contribution in [3.05, 3.63) is 16.0 Å². The topological polar surface area (TPSA) is 72.2 Å². The Hall–Kier alpha value is -0.400. The molecule has 0 aliphatic heterocycles. The van der Waals surface area contributed by atoms with E-state index in [1.807, 2.05) is 0 Å². The van der Waals surface area contributed by atoms with Crippen LogP contribution in [0.3, 0.4) is 0 Å². The summed E-state index contributed by atoms with van der Waals surface area (Å²) in [5, 5.41) is 3.58. The number of thiophene rings is 1. The molecule has 0 fully saturated rings. The van der Waals surface area contributed by atoms with E-state index >= 15 is 0 Å². The van der Waals surface area contributed by atoms with Crippen molar-refractivity contribution in [3.8, 4) is 0 Å².